The third-order valence-corrected chi connectivity index (χ3v) is 5.53. The summed E-state index contributed by atoms with van der Waals surface area (Å²) >= 11 is 1.61. The normalized spacial score (nSPS) is 20.7. The predicted molar refractivity (Wildman–Crippen MR) is 96.0 cm³/mol. The lowest BCUT2D eigenvalue weighted by Gasteiger charge is -2.30. The van der Waals surface area contributed by atoms with Crippen molar-refractivity contribution in [1.29, 1.82) is 0 Å². The number of hydrogen-bond acceptors (Lipinski definition) is 4. The maximum atomic E-state index is 12.3. The molecule has 1 aliphatic carbocycles. The summed E-state index contributed by atoms with van der Waals surface area (Å²) in [6, 6.07) is 10.3. The first kappa shape index (κ1) is 17.1. The van der Waals surface area contributed by atoms with E-state index in [0.29, 0.717) is 6.42 Å². The van der Waals surface area contributed by atoms with E-state index in [4.69, 9.17) is 0 Å². The Hall–Kier alpha value is -1.72. The zero-order valence-electron chi connectivity index (χ0n) is 13.8. The lowest BCUT2D eigenvalue weighted by atomic mass is 9.85. The molecule has 2 N–H and O–H groups in total. The number of thiazole rings is 1. The molecule has 1 heterocycles. The zero-order chi connectivity index (χ0) is 16.8. The molecule has 24 heavy (non-hydrogen) atoms. The van der Waals surface area contributed by atoms with Gasteiger partial charge in [0, 0.05) is 30.4 Å². The number of nitrogens with one attached hydrogen (secondary N) is 1. The van der Waals surface area contributed by atoms with Crippen molar-refractivity contribution in [2.45, 2.75) is 44.6 Å². The number of hydrogen-bond donors (Lipinski definition) is 2. The summed E-state index contributed by atoms with van der Waals surface area (Å²) < 4.78 is 0. The van der Waals surface area contributed by atoms with Crippen molar-refractivity contribution in [3.05, 3.63) is 52.0 Å². The summed E-state index contributed by atoms with van der Waals surface area (Å²) in [5.41, 5.74) is 2.07. The van der Waals surface area contributed by atoms with Crippen LogP contribution in [-0.2, 0) is 17.6 Å². The number of aliphatic hydroxyl groups excluding tert-OH is 1. The Morgan fingerprint density at radius 3 is 2.83 bits per heavy atom. The average Bonchev–Trinajstić information content (AvgIpc) is 3.03. The molecule has 0 bridgehead atoms. The fraction of sp³-hybridized carbons (Fsp3) is 0.474. The van der Waals surface area contributed by atoms with E-state index in [1.807, 2.05) is 23.6 Å². The highest BCUT2D eigenvalue weighted by atomic mass is 32.1. The molecule has 1 aromatic heterocycles. The van der Waals surface area contributed by atoms with Crippen molar-refractivity contribution in [1.82, 2.24) is 10.3 Å². The van der Waals surface area contributed by atoms with Crippen LogP contribution in [0.4, 0.5) is 0 Å². The molecule has 128 valence electrons. The van der Waals surface area contributed by atoms with E-state index < -0.39 is 0 Å². The summed E-state index contributed by atoms with van der Waals surface area (Å²) in [7, 11) is 0. The average molecular weight is 344 g/mol. The third kappa shape index (κ3) is 4.65. The third-order valence-electron chi connectivity index (χ3n) is 4.63. The van der Waals surface area contributed by atoms with Crippen LogP contribution in [0.5, 0.6) is 0 Å². The first-order valence-corrected chi connectivity index (χ1v) is 9.50. The molecule has 2 unspecified atom stereocenters. The maximum absolute atomic E-state index is 12.3. The Bertz CT molecular complexity index is 656. The highest BCUT2D eigenvalue weighted by Crippen LogP contribution is 2.24. The van der Waals surface area contributed by atoms with Crippen molar-refractivity contribution in [3.8, 4) is 0 Å². The molecule has 1 saturated carbocycles. The second-order valence-corrected chi connectivity index (χ2v) is 7.42. The van der Waals surface area contributed by atoms with Gasteiger partial charge in [-0.15, -0.1) is 11.3 Å². The van der Waals surface area contributed by atoms with Crippen LogP contribution in [0, 0.1) is 5.92 Å². The Balaban J connectivity index is 1.53. The fourth-order valence-corrected chi connectivity index (χ4v) is 4.15. The molecule has 3 rings (SSSR count). The van der Waals surface area contributed by atoms with Crippen LogP contribution in [0.15, 0.2) is 35.7 Å². The van der Waals surface area contributed by atoms with Gasteiger partial charge in [0.05, 0.1) is 17.1 Å². The van der Waals surface area contributed by atoms with E-state index in [-0.39, 0.29) is 24.5 Å². The minimum atomic E-state index is 0.0110. The Labute approximate surface area is 146 Å². The molecule has 5 heteroatoms. The van der Waals surface area contributed by atoms with Gasteiger partial charge in [0.15, 0.2) is 0 Å². The smallest absolute Gasteiger partial charge is 0.226 e. The van der Waals surface area contributed by atoms with Gasteiger partial charge in [-0.3, -0.25) is 4.79 Å². The van der Waals surface area contributed by atoms with Crippen molar-refractivity contribution < 1.29 is 9.90 Å². The van der Waals surface area contributed by atoms with Gasteiger partial charge >= 0.3 is 0 Å². The number of benzene rings is 1. The number of nitrogens with zero attached hydrogens (tertiary/aromatic N) is 1. The van der Waals surface area contributed by atoms with E-state index in [0.717, 1.165) is 42.8 Å². The first-order valence-electron chi connectivity index (χ1n) is 8.62. The summed E-state index contributed by atoms with van der Waals surface area (Å²) in [5.74, 6) is 0.212. The molecule has 4 nitrogen and oxygen atoms in total. The molecule has 2 aromatic rings. The van der Waals surface area contributed by atoms with Crippen LogP contribution in [0.1, 0.15) is 41.9 Å². The molecular formula is C19H24N2O2S. The summed E-state index contributed by atoms with van der Waals surface area (Å²) in [6.07, 6.45) is 5.36. The fourth-order valence-electron chi connectivity index (χ4n) is 3.32. The van der Waals surface area contributed by atoms with Gasteiger partial charge in [-0.1, -0.05) is 43.2 Å². The number of aliphatic hydroxyl groups is 1. The SMILES string of the molecule is O=C(Cc1csc(Cc2ccccc2)n1)NC1CCCCC1CO. The van der Waals surface area contributed by atoms with Crippen LogP contribution < -0.4 is 5.32 Å². The van der Waals surface area contributed by atoms with Gasteiger partial charge in [0.1, 0.15) is 0 Å². The Kier molecular flexibility index (Phi) is 5.99. The molecule has 1 amide bonds. The van der Waals surface area contributed by atoms with Crippen LogP contribution in [-0.4, -0.2) is 28.6 Å². The minimum Gasteiger partial charge on any atom is -0.396 e. The topological polar surface area (TPSA) is 62.2 Å². The van der Waals surface area contributed by atoms with Crippen LogP contribution in [0.25, 0.3) is 0 Å². The first-order chi connectivity index (χ1) is 11.7. The lowest BCUT2D eigenvalue weighted by molar-refractivity contribution is -0.121. The number of carbonyl (C=O) groups excluding carboxylic acids is 1. The highest BCUT2D eigenvalue weighted by molar-refractivity contribution is 7.09. The standard InChI is InChI=1S/C19H24N2O2S/c22-12-15-8-4-5-9-17(15)21-18(23)11-16-13-24-19(20-16)10-14-6-2-1-3-7-14/h1-3,6-7,13,15,17,22H,4-5,8-12H2,(H,21,23). The molecule has 0 spiro atoms. The Morgan fingerprint density at radius 2 is 2.04 bits per heavy atom. The highest BCUT2D eigenvalue weighted by Gasteiger charge is 2.25. The van der Waals surface area contributed by atoms with Crippen LogP contribution in [0.2, 0.25) is 0 Å². The molecular weight excluding hydrogens is 320 g/mol. The number of rotatable bonds is 6. The van der Waals surface area contributed by atoms with Crippen molar-refractivity contribution in [3.63, 3.8) is 0 Å². The maximum Gasteiger partial charge on any atom is 0.226 e. The number of carbonyl (C=O) groups is 1. The lowest BCUT2D eigenvalue weighted by Crippen LogP contribution is -2.44. The van der Waals surface area contributed by atoms with E-state index in [9.17, 15) is 9.90 Å². The van der Waals surface area contributed by atoms with E-state index in [2.05, 4.69) is 22.4 Å². The molecule has 2 atom stereocenters. The van der Waals surface area contributed by atoms with Crippen LogP contribution >= 0.6 is 11.3 Å². The quantitative estimate of drug-likeness (QED) is 0.847. The van der Waals surface area contributed by atoms with Crippen molar-refractivity contribution in [2.24, 2.45) is 5.92 Å². The van der Waals surface area contributed by atoms with Gasteiger partial charge in [-0.25, -0.2) is 4.98 Å². The van der Waals surface area contributed by atoms with Crippen molar-refractivity contribution in [2.75, 3.05) is 6.61 Å². The second kappa shape index (κ2) is 8.40. The van der Waals surface area contributed by atoms with Gasteiger partial charge < -0.3 is 10.4 Å². The molecule has 0 saturated heterocycles. The number of amides is 1. The zero-order valence-corrected chi connectivity index (χ0v) is 14.6. The molecule has 0 radical (unpaired) electrons. The second-order valence-electron chi connectivity index (χ2n) is 6.47. The van der Waals surface area contributed by atoms with Crippen molar-refractivity contribution >= 4 is 17.2 Å². The van der Waals surface area contributed by atoms with Crippen LogP contribution in [0.3, 0.4) is 0 Å². The van der Waals surface area contributed by atoms with Gasteiger partial charge in [0.25, 0.3) is 0 Å². The Morgan fingerprint density at radius 1 is 1.25 bits per heavy atom. The monoisotopic (exact) mass is 344 g/mol. The van der Waals surface area contributed by atoms with E-state index >= 15 is 0 Å². The number of aromatic nitrogens is 1. The summed E-state index contributed by atoms with van der Waals surface area (Å²) in [6.45, 7) is 0.156. The largest absolute Gasteiger partial charge is 0.396 e. The van der Waals surface area contributed by atoms with E-state index in [1.165, 1.54) is 5.56 Å². The summed E-state index contributed by atoms with van der Waals surface area (Å²) in [4.78, 5) is 16.9. The van der Waals surface area contributed by atoms with Gasteiger partial charge in [0.2, 0.25) is 5.91 Å². The molecule has 0 aliphatic heterocycles. The molecule has 1 aromatic carbocycles. The minimum absolute atomic E-state index is 0.0110. The summed E-state index contributed by atoms with van der Waals surface area (Å²) in [5, 5.41) is 15.5. The molecule has 1 fully saturated rings. The predicted octanol–water partition coefficient (Wildman–Crippen LogP) is 2.94. The molecule has 1 aliphatic rings. The van der Waals surface area contributed by atoms with Gasteiger partial charge in [-0.05, 0) is 18.4 Å². The van der Waals surface area contributed by atoms with E-state index in [1.54, 1.807) is 11.3 Å². The van der Waals surface area contributed by atoms with Gasteiger partial charge in [-0.2, -0.15) is 0 Å².